The Morgan fingerprint density at radius 2 is 2.00 bits per heavy atom. The SMILES string of the molecule is Cc1nc(Sc2nccnc2Cl)oc1C. The van der Waals surface area contributed by atoms with Crippen molar-refractivity contribution in [1.82, 2.24) is 15.0 Å². The lowest BCUT2D eigenvalue weighted by Crippen LogP contribution is -1.84. The highest BCUT2D eigenvalue weighted by Crippen LogP contribution is 2.30. The summed E-state index contributed by atoms with van der Waals surface area (Å²) in [6.07, 6.45) is 3.12. The molecule has 0 saturated heterocycles. The first-order chi connectivity index (χ1) is 7.16. The van der Waals surface area contributed by atoms with Gasteiger partial charge in [-0.15, -0.1) is 0 Å². The lowest BCUT2D eigenvalue weighted by atomic mass is 10.4. The highest BCUT2D eigenvalue weighted by molar-refractivity contribution is 7.99. The van der Waals surface area contributed by atoms with Crippen molar-refractivity contribution in [2.75, 3.05) is 0 Å². The highest BCUT2D eigenvalue weighted by atomic mass is 35.5. The van der Waals surface area contributed by atoms with Gasteiger partial charge < -0.3 is 4.42 Å². The third kappa shape index (κ3) is 2.30. The van der Waals surface area contributed by atoms with E-state index in [-0.39, 0.29) is 0 Å². The Morgan fingerprint density at radius 1 is 1.27 bits per heavy atom. The molecule has 6 heteroatoms. The van der Waals surface area contributed by atoms with Gasteiger partial charge in [-0.05, 0) is 25.6 Å². The van der Waals surface area contributed by atoms with Gasteiger partial charge in [0.05, 0.1) is 5.69 Å². The number of oxazole rings is 1. The summed E-state index contributed by atoms with van der Waals surface area (Å²) in [6.45, 7) is 3.76. The Morgan fingerprint density at radius 3 is 2.60 bits per heavy atom. The Labute approximate surface area is 96.1 Å². The maximum absolute atomic E-state index is 5.86. The Balaban J connectivity index is 2.26. The minimum atomic E-state index is 0.357. The van der Waals surface area contributed by atoms with Crippen molar-refractivity contribution in [3.05, 3.63) is 29.0 Å². The van der Waals surface area contributed by atoms with Crippen LogP contribution in [0.15, 0.2) is 27.1 Å². The second kappa shape index (κ2) is 4.20. The number of hydrogen-bond acceptors (Lipinski definition) is 5. The number of rotatable bonds is 2. The Bertz CT molecular complexity index is 466. The zero-order valence-electron chi connectivity index (χ0n) is 8.19. The van der Waals surface area contributed by atoms with Crippen LogP contribution >= 0.6 is 23.4 Å². The lowest BCUT2D eigenvalue weighted by molar-refractivity contribution is 0.431. The van der Waals surface area contributed by atoms with Crippen LogP contribution in [-0.2, 0) is 0 Å². The summed E-state index contributed by atoms with van der Waals surface area (Å²) < 4.78 is 5.40. The van der Waals surface area contributed by atoms with Crippen LogP contribution in [0.3, 0.4) is 0 Å². The topological polar surface area (TPSA) is 51.8 Å². The van der Waals surface area contributed by atoms with Crippen LogP contribution in [0.25, 0.3) is 0 Å². The third-order valence-corrected chi connectivity index (χ3v) is 3.05. The molecule has 0 unspecified atom stereocenters. The molecule has 0 atom stereocenters. The fraction of sp³-hybridized carbons (Fsp3) is 0.222. The van der Waals surface area contributed by atoms with E-state index >= 15 is 0 Å². The van der Waals surface area contributed by atoms with Crippen LogP contribution in [0.1, 0.15) is 11.5 Å². The summed E-state index contributed by atoms with van der Waals surface area (Å²) >= 11 is 7.12. The van der Waals surface area contributed by atoms with Crippen molar-refractivity contribution in [3.63, 3.8) is 0 Å². The first kappa shape index (κ1) is 10.4. The average Bonchev–Trinajstić information content (AvgIpc) is 2.50. The van der Waals surface area contributed by atoms with Gasteiger partial charge >= 0.3 is 0 Å². The average molecular weight is 242 g/mol. The van der Waals surface area contributed by atoms with Gasteiger partial charge in [0.25, 0.3) is 5.22 Å². The first-order valence-electron chi connectivity index (χ1n) is 4.25. The van der Waals surface area contributed by atoms with E-state index in [9.17, 15) is 0 Å². The van der Waals surface area contributed by atoms with E-state index in [0.29, 0.717) is 15.4 Å². The molecule has 2 rings (SSSR count). The molecule has 4 nitrogen and oxygen atoms in total. The van der Waals surface area contributed by atoms with Gasteiger partial charge in [0, 0.05) is 12.4 Å². The maximum atomic E-state index is 5.86. The second-order valence-corrected chi connectivity index (χ2v) is 4.17. The molecule has 0 fully saturated rings. The molecule has 0 radical (unpaired) electrons. The quantitative estimate of drug-likeness (QED) is 0.809. The first-order valence-corrected chi connectivity index (χ1v) is 5.44. The smallest absolute Gasteiger partial charge is 0.262 e. The Kier molecular flexibility index (Phi) is 2.93. The lowest BCUT2D eigenvalue weighted by Gasteiger charge is -1.96. The molecule has 0 aliphatic heterocycles. The highest BCUT2D eigenvalue weighted by Gasteiger charge is 2.11. The zero-order chi connectivity index (χ0) is 10.8. The molecule has 15 heavy (non-hydrogen) atoms. The predicted octanol–water partition coefficient (Wildman–Crippen LogP) is 2.89. The molecule has 78 valence electrons. The van der Waals surface area contributed by atoms with E-state index in [4.69, 9.17) is 16.0 Å². The largest absolute Gasteiger partial charge is 0.436 e. The number of aryl methyl sites for hydroxylation is 2. The third-order valence-electron chi connectivity index (χ3n) is 1.82. The van der Waals surface area contributed by atoms with E-state index in [1.807, 2.05) is 13.8 Å². The monoisotopic (exact) mass is 241 g/mol. The van der Waals surface area contributed by atoms with Gasteiger partial charge in [0.15, 0.2) is 5.15 Å². The van der Waals surface area contributed by atoms with Gasteiger partial charge in [0.2, 0.25) is 0 Å². The molecule has 2 heterocycles. The van der Waals surface area contributed by atoms with Crippen LogP contribution in [0.5, 0.6) is 0 Å². The number of halogens is 1. The van der Waals surface area contributed by atoms with E-state index in [1.54, 1.807) is 12.4 Å². The van der Waals surface area contributed by atoms with Gasteiger partial charge in [-0.1, -0.05) is 11.6 Å². The maximum Gasteiger partial charge on any atom is 0.262 e. The van der Waals surface area contributed by atoms with Crippen molar-refractivity contribution in [3.8, 4) is 0 Å². The number of aromatic nitrogens is 3. The number of hydrogen-bond donors (Lipinski definition) is 0. The molecule has 0 aromatic carbocycles. The molecule has 2 aromatic heterocycles. The molecule has 0 N–H and O–H groups in total. The molecule has 0 saturated carbocycles. The van der Waals surface area contributed by atoms with E-state index in [1.165, 1.54) is 11.8 Å². The van der Waals surface area contributed by atoms with Crippen LogP contribution in [0.4, 0.5) is 0 Å². The van der Waals surface area contributed by atoms with Crippen LogP contribution in [0, 0.1) is 13.8 Å². The van der Waals surface area contributed by atoms with Gasteiger partial charge in [-0.25, -0.2) is 15.0 Å². The summed E-state index contributed by atoms with van der Waals surface area (Å²) in [7, 11) is 0. The summed E-state index contributed by atoms with van der Waals surface area (Å²) in [5.41, 5.74) is 0.873. The molecule has 0 aliphatic carbocycles. The zero-order valence-corrected chi connectivity index (χ0v) is 9.76. The molecule has 0 bridgehead atoms. The van der Waals surface area contributed by atoms with Gasteiger partial charge in [-0.3, -0.25) is 0 Å². The fourth-order valence-corrected chi connectivity index (χ4v) is 1.93. The van der Waals surface area contributed by atoms with Gasteiger partial charge in [-0.2, -0.15) is 0 Å². The molecule has 0 aliphatic rings. The Hall–Kier alpha value is -1.07. The van der Waals surface area contributed by atoms with Crippen LogP contribution < -0.4 is 0 Å². The summed E-state index contributed by atoms with van der Waals surface area (Å²) in [5.74, 6) is 0.803. The minimum absolute atomic E-state index is 0.357. The molecule has 2 aromatic rings. The van der Waals surface area contributed by atoms with Crippen molar-refractivity contribution in [2.45, 2.75) is 24.1 Å². The number of nitrogens with zero attached hydrogens (tertiary/aromatic N) is 3. The summed E-state index contributed by atoms with van der Waals surface area (Å²) in [6, 6.07) is 0. The molecule has 0 spiro atoms. The minimum Gasteiger partial charge on any atom is -0.436 e. The van der Waals surface area contributed by atoms with Crippen molar-refractivity contribution in [2.24, 2.45) is 0 Å². The molecular weight excluding hydrogens is 234 g/mol. The normalized spacial score (nSPS) is 10.6. The van der Waals surface area contributed by atoms with E-state index in [2.05, 4.69) is 15.0 Å². The second-order valence-electron chi connectivity index (χ2n) is 2.88. The predicted molar refractivity (Wildman–Crippen MR) is 57.1 cm³/mol. The standard InChI is InChI=1S/C9H8ClN3OS/c1-5-6(2)14-9(13-5)15-8-7(10)11-3-4-12-8/h3-4H,1-2H3. The van der Waals surface area contributed by atoms with Crippen LogP contribution in [0.2, 0.25) is 5.15 Å². The van der Waals surface area contributed by atoms with E-state index < -0.39 is 0 Å². The summed E-state index contributed by atoms with van der Waals surface area (Å²) in [5, 5.41) is 1.49. The van der Waals surface area contributed by atoms with Crippen LogP contribution in [-0.4, -0.2) is 15.0 Å². The fourth-order valence-electron chi connectivity index (χ4n) is 0.946. The molecular formula is C9H8ClN3OS. The van der Waals surface area contributed by atoms with Crippen molar-refractivity contribution >= 4 is 23.4 Å². The van der Waals surface area contributed by atoms with Crippen molar-refractivity contribution < 1.29 is 4.42 Å². The van der Waals surface area contributed by atoms with E-state index in [0.717, 1.165) is 11.5 Å². The molecule has 0 amide bonds. The summed E-state index contributed by atoms with van der Waals surface area (Å²) in [4.78, 5) is 12.2. The van der Waals surface area contributed by atoms with Crippen molar-refractivity contribution in [1.29, 1.82) is 0 Å². The van der Waals surface area contributed by atoms with Gasteiger partial charge in [0.1, 0.15) is 10.8 Å².